The van der Waals surface area contributed by atoms with Gasteiger partial charge in [-0.2, -0.15) is 0 Å². The Morgan fingerprint density at radius 2 is 2.14 bits per heavy atom. The molecule has 2 rings (SSSR count). The zero-order chi connectivity index (χ0) is 17.9. The van der Waals surface area contributed by atoms with E-state index in [0.717, 1.165) is 5.56 Å². The molecule has 0 fully saturated rings. The molecular formula is C17H16BrNO2. The fourth-order valence-corrected chi connectivity index (χ4v) is 2.68. The second-order valence-corrected chi connectivity index (χ2v) is 5.39. The van der Waals surface area contributed by atoms with Gasteiger partial charge in [0, 0.05) is 27.0 Å². The van der Waals surface area contributed by atoms with E-state index in [1.54, 1.807) is 12.1 Å². The van der Waals surface area contributed by atoms with E-state index >= 15 is 0 Å². The summed E-state index contributed by atoms with van der Waals surface area (Å²) in [6.07, 6.45) is 1.66. The maximum Gasteiger partial charge on any atom is 0.254 e. The Hall–Kier alpha value is -2.07. The van der Waals surface area contributed by atoms with Gasteiger partial charge in [-0.3, -0.25) is 4.79 Å². The minimum Gasteiger partial charge on any atom is -0.507 e. The number of benzene rings is 2. The van der Waals surface area contributed by atoms with Gasteiger partial charge in [0.2, 0.25) is 0 Å². The molecule has 0 spiro atoms. The number of halogens is 1. The number of hydrogen-bond donors (Lipinski definition) is 2. The molecule has 0 heterocycles. The Labute approximate surface area is 136 Å². The lowest BCUT2D eigenvalue weighted by Crippen LogP contribution is -2.18. The molecule has 21 heavy (non-hydrogen) atoms. The molecule has 2 aromatic rings. The summed E-state index contributed by atoms with van der Waals surface area (Å²) in [4.78, 5) is 12.2. The first-order valence-corrected chi connectivity index (χ1v) is 7.04. The van der Waals surface area contributed by atoms with Crippen molar-refractivity contribution in [1.82, 2.24) is 5.32 Å². The number of hydrogen-bond acceptors (Lipinski definition) is 2. The third kappa shape index (κ3) is 3.16. The number of rotatable bonds is 4. The number of phenolic OH excluding ortho intramolecular Hbond substituents is 1. The summed E-state index contributed by atoms with van der Waals surface area (Å²) in [5, 5.41) is 12.4. The molecule has 1 unspecified atom stereocenters. The first kappa shape index (κ1) is 11.6. The highest BCUT2D eigenvalue weighted by atomic mass is 79.9. The lowest BCUT2D eigenvalue weighted by molar-refractivity contribution is 0.0960. The van der Waals surface area contributed by atoms with E-state index in [4.69, 9.17) is 4.11 Å². The molecule has 0 radical (unpaired) electrons. The number of allylic oxidation sites excluding steroid dienone is 1. The van der Waals surface area contributed by atoms with E-state index in [0.29, 0.717) is 10.0 Å². The molecule has 0 aliphatic rings. The highest BCUT2D eigenvalue weighted by molar-refractivity contribution is 9.10. The molecule has 0 aliphatic carbocycles. The zero-order valence-electron chi connectivity index (χ0n) is 14.1. The van der Waals surface area contributed by atoms with E-state index in [-0.39, 0.29) is 17.2 Å². The summed E-state index contributed by atoms with van der Waals surface area (Å²) in [6, 6.07) is 12.4. The van der Waals surface area contributed by atoms with Gasteiger partial charge in [-0.25, -0.2) is 0 Å². The van der Waals surface area contributed by atoms with Crippen LogP contribution in [0.2, 0.25) is 0 Å². The average Bonchev–Trinajstić information content (AvgIpc) is 2.50. The van der Waals surface area contributed by atoms with Crippen molar-refractivity contribution >= 4 is 21.8 Å². The summed E-state index contributed by atoms with van der Waals surface area (Å²) in [5.41, 5.74) is 1.24. The number of aromatic hydroxyl groups is 1. The maximum atomic E-state index is 12.2. The molecule has 0 bridgehead atoms. The molecule has 0 aliphatic heterocycles. The van der Waals surface area contributed by atoms with Crippen LogP contribution in [0.25, 0.3) is 0 Å². The van der Waals surface area contributed by atoms with Crippen molar-refractivity contribution in [1.29, 1.82) is 0 Å². The van der Waals surface area contributed by atoms with Gasteiger partial charge in [-0.05, 0) is 17.7 Å². The largest absolute Gasteiger partial charge is 0.507 e. The van der Waals surface area contributed by atoms with E-state index in [1.807, 2.05) is 35.6 Å². The number of amides is 1. The summed E-state index contributed by atoms with van der Waals surface area (Å²) < 4.78 is 22.0. The number of nitrogens with one attached hydrogen (secondary N) is 1. The number of carbonyl (C=O) groups excluding carboxylic acids is 1. The lowest BCUT2D eigenvalue weighted by Gasteiger charge is -2.17. The van der Waals surface area contributed by atoms with Crippen LogP contribution in [-0.2, 0) is 0 Å². The van der Waals surface area contributed by atoms with Gasteiger partial charge < -0.3 is 10.4 Å². The van der Waals surface area contributed by atoms with Gasteiger partial charge in [0.1, 0.15) is 5.75 Å². The molecule has 1 atom stereocenters. The zero-order valence-corrected chi connectivity index (χ0v) is 12.7. The first-order chi connectivity index (χ1) is 11.2. The third-order valence-corrected chi connectivity index (χ3v) is 3.65. The summed E-state index contributed by atoms with van der Waals surface area (Å²) >= 11 is 3.30. The van der Waals surface area contributed by atoms with Crippen molar-refractivity contribution in [3.05, 3.63) is 76.3 Å². The van der Waals surface area contributed by atoms with Crippen LogP contribution in [0.4, 0.5) is 0 Å². The summed E-state index contributed by atoms with van der Waals surface area (Å²) in [6.45, 7) is 1.17. The van der Waals surface area contributed by atoms with Gasteiger partial charge in [0.25, 0.3) is 5.91 Å². The van der Waals surface area contributed by atoms with Gasteiger partial charge in [0.05, 0.1) is 5.56 Å². The van der Waals surface area contributed by atoms with Crippen molar-refractivity contribution in [3.8, 4) is 5.75 Å². The van der Waals surface area contributed by atoms with Crippen molar-refractivity contribution < 1.29 is 14.0 Å². The molecule has 3 nitrogen and oxygen atoms in total. The van der Waals surface area contributed by atoms with Crippen LogP contribution in [0, 0.1) is 0 Å². The van der Waals surface area contributed by atoms with Crippen molar-refractivity contribution in [2.45, 2.75) is 5.92 Å². The van der Waals surface area contributed by atoms with Crippen LogP contribution in [0.15, 0.2) is 59.6 Å². The normalized spacial score (nSPS) is 14.4. The van der Waals surface area contributed by atoms with Crippen LogP contribution in [-0.4, -0.2) is 18.0 Å². The Balaban J connectivity index is 2.52. The van der Waals surface area contributed by atoms with Crippen molar-refractivity contribution in [2.24, 2.45) is 0 Å². The van der Waals surface area contributed by atoms with Crippen LogP contribution >= 0.6 is 15.9 Å². The number of phenols is 1. The quantitative estimate of drug-likeness (QED) is 0.825. The molecule has 4 heteroatoms. The molecule has 2 aromatic carbocycles. The Kier molecular flexibility index (Phi) is 3.63. The van der Waals surface area contributed by atoms with Gasteiger partial charge in [0.15, 0.2) is 0 Å². The Morgan fingerprint density at radius 1 is 1.43 bits per heavy atom. The van der Waals surface area contributed by atoms with Gasteiger partial charge in [-0.15, -0.1) is 6.58 Å². The molecule has 2 N–H and O–H groups in total. The van der Waals surface area contributed by atoms with Crippen molar-refractivity contribution in [2.75, 3.05) is 6.98 Å². The maximum absolute atomic E-state index is 12.2. The minimum absolute atomic E-state index is 0.113. The first-order valence-electron chi connectivity index (χ1n) is 7.75. The molecular weight excluding hydrogens is 330 g/mol. The second kappa shape index (κ2) is 6.59. The van der Waals surface area contributed by atoms with E-state index in [2.05, 4.69) is 22.5 Å². The van der Waals surface area contributed by atoms with Crippen LogP contribution in [0.1, 0.15) is 31.5 Å². The van der Waals surface area contributed by atoms with Crippen LogP contribution < -0.4 is 5.32 Å². The Morgan fingerprint density at radius 3 is 2.76 bits per heavy atom. The summed E-state index contributed by atoms with van der Waals surface area (Å²) in [5.74, 6) is -1.48. The van der Waals surface area contributed by atoms with Crippen molar-refractivity contribution in [3.63, 3.8) is 0 Å². The van der Waals surface area contributed by atoms with Crippen LogP contribution in [0.5, 0.6) is 5.75 Å². The minimum atomic E-state index is -2.64. The third-order valence-electron chi connectivity index (χ3n) is 3.19. The van der Waals surface area contributed by atoms with E-state index in [1.165, 1.54) is 6.07 Å². The molecule has 108 valence electrons. The Bertz CT molecular complexity index is 760. The topological polar surface area (TPSA) is 49.3 Å². The predicted octanol–water partition coefficient (Wildman–Crippen LogP) is 3.83. The highest BCUT2D eigenvalue weighted by Crippen LogP contribution is 2.36. The van der Waals surface area contributed by atoms with Gasteiger partial charge >= 0.3 is 0 Å². The molecule has 0 saturated heterocycles. The smallest absolute Gasteiger partial charge is 0.254 e. The highest BCUT2D eigenvalue weighted by Gasteiger charge is 2.20. The molecule has 1 amide bonds. The van der Waals surface area contributed by atoms with Gasteiger partial charge in [-0.1, -0.05) is 52.3 Å². The van der Waals surface area contributed by atoms with Crippen LogP contribution in [0.3, 0.4) is 0 Å². The molecule has 0 saturated carbocycles. The fourth-order valence-electron chi connectivity index (χ4n) is 2.20. The SMILES string of the molecule is [2H]C([2H])([2H])NC(=O)c1cc(Br)cc(C(C=C)c2ccccc2)c1O. The average molecular weight is 349 g/mol. The van der Waals surface area contributed by atoms with E-state index < -0.39 is 12.9 Å². The van der Waals surface area contributed by atoms with E-state index in [9.17, 15) is 9.90 Å². The standard InChI is InChI=1S/C17H16BrNO2/c1-3-13(11-7-5-4-6-8-11)14-9-12(18)10-15(16(14)20)17(21)19-2/h3-10,13,20H,1H2,2H3,(H,19,21)/i2D3. The second-order valence-electron chi connectivity index (χ2n) is 4.47. The monoisotopic (exact) mass is 348 g/mol. The lowest BCUT2D eigenvalue weighted by atomic mass is 9.89. The summed E-state index contributed by atoms with van der Waals surface area (Å²) in [7, 11) is 0. The number of carbonyl (C=O) groups is 1. The fraction of sp³-hybridized carbons (Fsp3) is 0.118. The predicted molar refractivity (Wildman–Crippen MR) is 87.7 cm³/mol. The molecule has 0 aromatic heterocycles.